The first-order valence-corrected chi connectivity index (χ1v) is 10.4. The van der Waals surface area contributed by atoms with Crippen LogP contribution in [0, 0.1) is 6.92 Å². The third kappa shape index (κ3) is 3.41. The molecule has 0 fully saturated rings. The normalized spacial score (nSPS) is 11.8. The second kappa shape index (κ2) is 7.38. The van der Waals surface area contributed by atoms with Crippen LogP contribution in [0.5, 0.6) is 0 Å². The molecule has 146 valence electrons. The van der Waals surface area contributed by atoms with Crippen molar-refractivity contribution in [3.05, 3.63) is 71.0 Å². The number of hydrogen-bond donors (Lipinski definition) is 0. The minimum absolute atomic E-state index is 0.733. The average Bonchev–Trinajstić information content (AvgIpc) is 3.39. The van der Waals surface area contributed by atoms with Gasteiger partial charge in [-0.15, -0.1) is 10.2 Å². The van der Waals surface area contributed by atoms with Gasteiger partial charge in [0.1, 0.15) is 16.3 Å². The molecular weight excluding hydrogens is 382 g/mol. The molecule has 29 heavy (non-hydrogen) atoms. The summed E-state index contributed by atoms with van der Waals surface area (Å²) in [5, 5.41) is 14.6. The third-order valence-electron chi connectivity index (χ3n) is 4.95. The SMILES string of the molecule is Cc1nc2ccccn2c1-c1nnc2sc(CCN(C)Cc3ccccc3)nn12. The third-order valence-corrected chi connectivity index (χ3v) is 5.91. The summed E-state index contributed by atoms with van der Waals surface area (Å²) in [4.78, 5) is 7.76. The van der Waals surface area contributed by atoms with E-state index in [1.165, 1.54) is 5.56 Å². The van der Waals surface area contributed by atoms with Gasteiger partial charge in [0.15, 0.2) is 0 Å². The minimum atomic E-state index is 0.733. The van der Waals surface area contributed by atoms with Crippen molar-refractivity contribution in [1.29, 1.82) is 0 Å². The lowest BCUT2D eigenvalue weighted by molar-refractivity contribution is 0.330. The quantitative estimate of drug-likeness (QED) is 0.434. The highest BCUT2D eigenvalue weighted by atomic mass is 32.1. The number of hydrogen-bond acceptors (Lipinski definition) is 6. The summed E-state index contributed by atoms with van der Waals surface area (Å²) in [5.41, 5.74) is 4.07. The molecule has 0 N–H and O–H groups in total. The van der Waals surface area contributed by atoms with E-state index in [0.717, 1.165) is 52.3 Å². The predicted octanol–water partition coefficient (Wildman–Crippen LogP) is 3.48. The number of benzene rings is 1. The zero-order chi connectivity index (χ0) is 19.8. The van der Waals surface area contributed by atoms with Crippen molar-refractivity contribution < 1.29 is 0 Å². The zero-order valence-electron chi connectivity index (χ0n) is 16.4. The van der Waals surface area contributed by atoms with Crippen LogP contribution in [-0.2, 0) is 13.0 Å². The number of rotatable bonds is 6. The van der Waals surface area contributed by atoms with Gasteiger partial charge in [0, 0.05) is 25.7 Å². The van der Waals surface area contributed by atoms with Crippen molar-refractivity contribution in [3.8, 4) is 11.5 Å². The Hall–Kier alpha value is -3.10. The molecule has 4 heterocycles. The maximum absolute atomic E-state index is 4.80. The van der Waals surface area contributed by atoms with Crippen LogP contribution in [0.3, 0.4) is 0 Å². The number of fused-ring (bicyclic) bond motifs is 2. The molecular formula is C21H21N7S. The first kappa shape index (κ1) is 18.0. The Morgan fingerprint density at radius 1 is 1.03 bits per heavy atom. The second-order valence-corrected chi connectivity index (χ2v) is 8.20. The summed E-state index contributed by atoms with van der Waals surface area (Å²) < 4.78 is 3.89. The van der Waals surface area contributed by atoms with Crippen LogP contribution >= 0.6 is 11.3 Å². The number of likely N-dealkylation sites (N-methyl/N-ethyl adjacent to an activating group) is 1. The predicted molar refractivity (Wildman–Crippen MR) is 114 cm³/mol. The molecule has 0 saturated carbocycles. The van der Waals surface area contributed by atoms with Crippen molar-refractivity contribution in [2.24, 2.45) is 0 Å². The van der Waals surface area contributed by atoms with E-state index in [-0.39, 0.29) is 0 Å². The molecule has 0 aliphatic carbocycles. The van der Waals surface area contributed by atoms with Gasteiger partial charge in [-0.2, -0.15) is 9.61 Å². The van der Waals surface area contributed by atoms with Crippen molar-refractivity contribution in [2.45, 2.75) is 19.9 Å². The van der Waals surface area contributed by atoms with E-state index in [0.29, 0.717) is 0 Å². The van der Waals surface area contributed by atoms with Gasteiger partial charge in [-0.05, 0) is 31.7 Å². The highest BCUT2D eigenvalue weighted by Gasteiger charge is 2.19. The Morgan fingerprint density at radius 3 is 2.72 bits per heavy atom. The highest BCUT2D eigenvalue weighted by Crippen LogP contribution is 2.25. The minimum Gasteiger partial charge on any atom is -0.302 e. The lowest BCUT2D eigenvalue weighted by atomic mass is 10.2. The van der Waals surface area contributed by atoms with Crippen LogP contribution in [0.4, 0.5) is 0 Å². The molecule has 8 heteroatoms. The number of nitrogens with zero attached hydrogens (tertiary/aromatic N) is 7. The first-order valence-electron chi connectivity index (χ1n) is 9.57. The lowest BCUT2D eigenvalue weighted by Gasteiger charge is -2.15. The van der Waals surface area contributed by atoms with E-state index in [1.54, 1.807) is 11.3 Å². The molecule has 0 aliphatic rings. The standard InChI is InChI=1S/C21H21N7S/c1-15-19(27-12-7-6-10-17(27)22-15)20-23-24-21-28(20)25-18(29-21)11-13-26(2)14-16-8-4-3-5-9-16/h3-10,12H,11,13-14H2,1-2H3. The number of aryl methyl sites for hydroxylation is 1. The van der Waals surface area contributed by atoms with Crippen LogP contribution in [-0.4, -0.2) is 47.7 Å². The van der Waals surface area contributed by atoms with Gasteiger partial charge < -0.3 is 4.90 Å². The van der Waals surface area contributed by atoms with E-state index >= 15 is 0 Å². The molecule has 7 nitrogen and oxygen atoms in total. The fraction of sp³-hybridized carbons (Fsp3) is 0.238. The molecule has 0 amide bonds. The molecule has 4 aromatic heterocycles. The molecule has 0 saturated heterocycles. The Labute approximate surface area is 172 Å². The van der Waals surface area contributed by atoms with Crippen LogP contribution < -0.4 is 0 Å². The van der Waals surface area contributed by atoms with Crippen molar-refractivity contribution in [2.75, 3.05) is 13.6 Å². The van der Waals surface area contributed by atoms with E-state index < -0.39 is 0 Å². The average molecular weight is 404 g/mol. The molecule has 0 radical (unpaired) electrons. The van der Waals surface area contributed by atoms with Crippen LogP contribution in [0.1, 0.15) is 16.3 Å². The second-order valence-electron chi connectivity index (χ2n) is 7.16. The molecule has 1 aromatic carbocycles. The topological polar surface area (TPSA) is 63.6 Å². The van der Waals surface area contributed by atoms with E-state index in [9.17, 15) is 0 Å². The maximum atomic E-state index is 4.80. The van der Waals surface area contributed by atoms with Crippen molar-refractivity contribution in [1.82, 2.24) is 34.1 Å². The van der Waals surface area contributed by atoms with Gasteiger partial charge in [-0.3, -0.25) is 4.40 Å². The van der Waals surface area contributed by atoms with Crippen molar-refractivity contribution >= 4 is 21.9 Å². The Kier molecular flexibility index (Phi) is 4.57. The van der Waals surface area contributed by atoms with Gasteiger partial charge in [-0.25, -0.2) is 4.98 Å². The molecule has 5 rings (SSSR count). The highest BCUT2D eigenvalue weighted by molar-refractivity contribution is 7.16. The summed E-state index contributed by atoms with van der Waals surface area (Å²) in [6.07, 6.45) is 2.88. The number of imidazole rings is 1. The van der Waals surface area contributed by atoms with Gasteiger partial charge in [-0.1, -0.05) is 47.7 Å². The van der Waals surface area contributed by atoms with Gasteiger partial charge in [0.2, 0.25) is 10.8 Å². The lowest BCUT2D eigenvalue weighted by Crippen LogP contribution is -2.20. The fourth-order valence-electron chi connectivity index (χ4n) is 3.55. The first-order chi connectivity index (χ1) is 14.2. The fourth-order valence-corrected chi connectivity index (χ4v) is 4.37. The van der Waals surface area contributed by atoms with Gasteiger partial charge in [0.05, 0.1) is 5.69 Å². The Balaban J connectivity index is 1.38. The molecule has 0 aliphatic heterocycles. The summed E-state index contributed by atoms with van der Waals surface area (Å²) in [6, 6.07) is 16.5. The van der Waals surface area contributed by atoms with E-state index in [1.807, 2.05) is 46.3 Å². The number of aromatic nitrogens is 6. The van der Waals surface area contributed by atoms with Crippen LogP contribution in [0.15, 0.2) is 54.7 Å². The zero-order valence-corrected chi connectivity index (χ0v) is 17.2. The maximum Gasteiger partial charge on any atom is 0.235 e. The Bertz CT molecular complexity index is 1270. The summed E-state index contributed by atoms with van der Waals surface area (Å²) in [7, 11) is 2.14. The molecule has 0 bridgehead atoms. The van der Waals surface area contributed by atoms with Gasteiger partial charge >= 0.3 is 0 Å². The van der Waals surface area contributed by atoms with Gasteiger partial charge in [0.25, 0.3) is 0 Å². The molecule has 5 aromatic rings. The van der Waals surface area contributed by atoms with Crippen molar-refractivity contribution in [3.63, 3.8) is 0 Å². The summed E-state index contributed by atoms with van der Waals surface area (Å²) in [6.45, 7) is 3.86. The molecule has 0 atom stereocenters. The number of pyridine rings is 1. The van der Waals surface area contributed by atoms with E-state index in [4.69, 9.17) is 5.10 Å². The molecule has 0 unspecified atom stereocenters. The Morgan fingerprint density at radius 2 is 1.86 bits per heavy atom. The molecule has 0 spiro atoms. The van der Waals surface area contributed by atoms with Crippen LogP contribution in [0.2, 0.25) is 0 Å². The smallest absolute Gasteiger partial charge is 0.235 e. The van der Waals surface area contributed by atoms with Crippen LogP contribution in [0.25, 0.3) is 22.1 Å². The monoisotopic (exact) mass is 403 g/mol. The summed E-state index contributed by atoms with van der Waals surface area (Å²) in [5.74, 6) is 0.733. The largest absolute Gasteiger partial charge is 0.302 e. The summed E-state index contributed by atoms with van der Waals surface area (Å²) >= 11 is 1.60. The van der Waals surface area contributed by atoms with E-state index in [2.05, 4.69) is 51.4 Å².